The lowest BCUT2D eigenvalue weighted by Gasteiger charge is -2.07. The second-order valence-electron chi connectivity index (χ2n) is 3.54. The first kappa shape index (κ1) is 8.49. The van der Waals surface area contributed by atoms with Crippen LogP contribution in [0, 0.1) is 0 Å². The number of aromatic nitrogens is 2. The molecule has 1 aliphatic rings. The van der Waals surface area contributed by atoms with E-state index in [4.69, 9.17) is 10.5 Å². The van der Waals surface area contributed by atoms with E-state index in [2.05, 4.69) is 4.98 Å². The summed E-state index contributed by atoms with van der Waals surface area (Å²) < 4.78 is 7.59. The fourth-order valence-electron chi connectivity index (χ4n) is 1.83. The summed E-state index contributed by atoms with van der Waals surface area (Å²) in [6.45, 7) is 0.466. The van der Waals surface area contributed by atoms with Gasteiger partial charge >= 0.3 is 0 Å². The predicted molar refractivity (Wildman–Crippen MR) is 56.0 cm³/mol. The van der Waals surface area contributed by atoms with E-state index in [0.29, 0.717) is 6.61 Å². The number of nitrogens with two attached hydrogens (primary N) is 1. The molecule has 0 saturated heterocycles. The smallest absolute Gasteiger partial charge is 0.143 e. The van der Waals surface area contributed by atoms with Crippen molar-refractivity contribution in [3.05, 3.63) is 42.5 Å². The molecule has 2 heterocycles. The van der Waals surface area contributed by atoms with Crippen LogP contribution in [0.15, 0.2) is 36.7 Å². The highest BCUT2D eigenvalue weighted by Gasteiger charge is 2.20. The number of imidazole rings is 1. The molecule has 0 fully saturated rings. The highest BCUT2D eigenvalue weighted by Crippen LogP contribution is 2.28. The molecule has 1 aliphatic heterocycles. The van der Waals surface area contributed by atoms with Gasteiger partial charge < -0.3 is 10.5 Å². The Balaban J connectivity index is 2.26. The Morgan fingerprint density at radius 2 is 2.27 bits per heavy atom. The molecular formula is C11H11N3O. The zero-order chi connectivity index (χ0) is 10.3. The largest absolute Gasteiger partial charge is 0.489 e. The van der Waals surface area contributed by atoms with E-state index in [9.17, 15) is 0 Å². The highest BCUT2D eigenvalue weighted by atomic mass is 16.5. The Hall–Kier alpha value is -1.81. The first-order valence-corrected chi connectivity index (χ1v) is 4.87. The molecule has 1 aromatic heterocycles. The van der Waals surface area contributed by atoms with Gasteiger partial charge in [0.25, 0.3) is 0 Å². The van der Waals surface area contributed by atoms with E-state index >= 15 is 0 Å². The first-order chi connectivity index (χ1) is 7.36. The molecule has 76 valence electrons. The van der Waals surface area contributed by atoms with E-state index in [1.54, 1.807) is 6.20 Å². The summed E-state index contributed by atoms with van der Waals surface area (Å²) in [5.74, 6) is 1.70. The van der Waals surface area contributed by atoms with Crippen LogP contribution in [-0.2, 0) is 0 Å². The number of fused-ring (bicyclic) bond motifs is 3. The highest BCUT2D eigenvalue weighted by molar-refractivity contribution is 5.48. The molecule has 2 aromatic rings. The maximum Gasteiger partial charge on any atom is 0.143 e. The topological polar surface area (TPSA) is 53.1 Å². The zero-order valence-electron chi connectivity index (χ0n) is 8.13. The van der Waals surface area contributed by atoms with Crippen LogP contribution in [0.2, 0.25) is 0 Å². The fraction of sp³-hybridized carbons (Fsp3) is 0.182. The van der Waals surface area contributed by atoms with E-state index in [-0.39, 0.29) is 6.04 Å². The monoisotopic (exact) mass is 201 g/mol. The SMILES string of the molecule is N[C@@H]1COc2ccccc2-n2ccnc21. The third-order valence-corrected chi connectivity index (χ3v) is 2.54. The van der Waals surface area contributed by atoms with E-state index in [0.717, 1.165) is 17.3 Å². The predicted octanol–water partition coefficient (Wildman–Crippen LogP) is 1.26. The summed E-state index contributed by atoms with van der Waals surface area (Å²) in [7, 11) is 0. The molecule has 2 N–H and O–H groups in total. The lowest BCUT2D eigenvalue weighted by Crippen LogP contribution is -2.19. The molecule has 15 heavy (non-hydrogen) atoms. The van der Waals surface area contributed by atoms with Crippen molar-refractivity contribution in [3.8, 4) is 11.4 Å². The van der Waals surface area contributed by atoms with E-state index < -0.39 is 0 Å². The summed E-state index contributed by atoms with van der Waals surface area (Å²) in [4.78, 5) is 4.25. The van der Waals surface area contributed by atoms with Crippen molar-refractivity contribution in [1.82, 2.24) is 9.55 Å². The van der Waals surface area contributed by atoms with Gasteiger partial charge in [0, 0.05) is 12.4 Å². The second-order valence-corrected chi connectivity index (χ2v) is 3.54. The third-order valence-electron chi connectivity index (χ3n) is 2.54. The van der Waals surface area contributed by atoms with Crippen LogP contribution in [0.5, 0.6) is 5.75 Å². The standard InChI is InChI=1S/C11H11N3O/c12-8-7-15-10-4-2-1-3-9(10)14-6-5-13-11(8)14/h1-6,8H,7,12H2/t8-/m1/s1. The van der Waals surface area contributed by atoms with Crippen LogP contribution in [0.25, 0.3) is 5.69 Å². The van der Waals surface area contributed by atoms with Crippen molar-refractivity contribution >= 4 is 0 Å². The lowest BCUT2D eigenvalue weighted by atomic mass is 10.3. The molecule has 1 atom stereocenters. The molecule has 0 aliphatic carbocycles. The number of para-hydroxylation sites is 2. The molecule has 1 aromatic carbocycles. The van der Waals surface area contributed by atoms with Crippen molar-refractivity contribution in [2.75, 3.05) is 6.61 Å². The molecule has 0 amide bonds. The number of ether oxygens (including phenoxy) is 1. The Morgan fingerprint density at radius 1 is 1.40 bits per heavy atom. The number of nitrogens with zero attached hydrogens (tertiary/aromatic N) is 2. The Morgan fingerprint density at radius 3 is 3.20 bits per heavy atom. The molecule has 4 heteroatoms. The van der Waals surface area contributed by atoms with Crippen molar-refractivity contribution in [3.63, 3.8) is 0 Å². The third kappa shape index (κ3) is 1.22. The van der Waals surface area contributed by atoms with Crippen molar-refractivity contribution in [1.29, 1.82) is 0 Å². The van der Waals surface area contributed by atoms with Gasteiger partial charge in [-0.05, 0) is 12.1 Å². The van der Waals surface area contributed by atoms with Gasteiger partial charge in [-0.25, -0.2) is 4.98 Å². The minimum Gasteiger partial charge on any atom is -0.489 e. The molecule has 0 spiro atoms. The van der Waals surface area contributed by atoms with Gasteiger partial charge in [0.15, 0.2) is 0 Å². The van der Waals surface area contributed by atoms with E-state index in [1.165, 1.54) is 0 Å². The summed E-state index contributed by atoms with van der Waals surface area (Å²) in [6, 6.07) is 7.69. The van der Waals surface area contributed by atoms with Crippen LogP contribution in [0.1, 0.15) is 11.9 Å². The summed E-state index contributed by atoms with van der Waals surface area (Å²) in [5, 5.41) is 0. The zero-order valence-corrected chi connectivity index (χ0v) is 8.13. The minimum absolute atomic E-state index is 0.174. The molecular weight excluding hydrogens is 190 g/mol. The first-order valence-electron chi connectivity index (χ1n) is 4.87. The van der Waals surface area contributed by atoms with E-state index in [1.807, 2.05) is 35.0 Å². The van der Waals surface area contributed by atoms with Crippen LogP contribution >= 0.6 is 0 Å². The van der Waals surface area contributed by atoms with Crippen LogP contribution in [0.3, 0.4) is 0 Å². The maximum atomic E-state index is 5.96. The minimum atomic E-state index is -0.174. The Kier molecular flexibility index (Phi) is 1.76. The molecule has 0 unspecified atom stereocenters. The van der Waals surface area contributed by atoms with Crippen LogP contribution in [0.4, 0.5) is 0 Å². The van der Waals surface area contributed by atoms with Gasteiger partial charge in [0.05, 0.1) is 11.7 Å². The van der Waals surface area contributed by atoms with Gasteiger partial charge in [-0.15, -0.1) is 0 Å². The normalized spacial score (nSPS) is 18.6. The molecule has 0 bridgehead atoms. The van der Waals surface area contributed by atoms with Gasteiger partial charge in [0.1, 0.15) is 18.2 Å². The quantitative estimate of drug-likeness (QED) is 0.698. The fourth-order valence-corrected chi connectivity index (χ4v) is 1.83. The molecule has 0 saturated carbocycles. The van der Waals surface area contributed by atoms with Crippen LogP contribution in [-0.4, -0.2) is 16.2 Å². The van der Waals surface area contributed by atoms with Gasteiger partial charge in [-0.3, -0.25) is 4.57 Å². The number of hydrogen-bond acceptors (Lipinski definition) is 3. The molecule has 4 nitrogen and oxygen atoms in total. The van der Waals surface area contributed by atoms with Crippen molar-refractivity contribution < 1.29 is 4.74 Å². The molecule has 0 radical (unpaired) electrons. The van der Waals surface area contributed by atoms with Gasteiger partial charge in [-0.1, -0.05) is 12.1 Å². The lowest BCUT2D eigenvalue weighted by molar-refractivity contribution is 0.293. The second kappa shape index (κ2) is 3.10. The van der Waals surface area contributed by atoms with Gasteiger partial charge in [0.2, 0.25) is 0 Å². The average molecular weight is 201 g/mol. The number of benzene rings is 1. The van der Waals surface area contributed by atoms with Crippen LogP contribution < -0.4 is 10.5 Å². The summed E-state index contributed by atoms with van der Waals surface area (Å²) >= 11 is 0. The van der Waals surface area contributed by atoms with Crippen molar-refractivity contribution in [2.24, 2.45) is 5.73 Å². The number of hydrogen-bond donors (Lipinski definition) is 1. The van der Waals surface area contributed by atoms with Gasteiger partial charge in [-0.2, -0.15) is 0 Å². The van der Waals surface area contributed by atoms with Crippen molar-refractivity contribution in [2.45, 2.75) is 6.04 Å². The Bertz CT molecular complexity index is 492. The number of rotatable bonds is 0. The summed E-state index contributed by atoms with van der Waals surface area (Å²) in [6.07, 6.45) is 3.67. The average Bonchev–Trinajstić information content (AvgIpc) is 2.71. The summed E-state index contributed by atoms with van der Waals surface area (Å²) in [5.41, 5.74) is 6.96. The molecule has 3 rings (SSSR count). The maximum absolute atomic E-state index is 5.96. The Labute approximate surface area is 87.3 Å².